The minimum absolute atomic E-state index is 0.108. The van der Waals surface area contributed by atoms with E-state index in [9.17, 15) is 19.5 Å². The van der Waals surface area contributed by atoms with E-state index >= 15 is 0 Å². The molecule has 2 aliphatic heterocycles. The summed E-state index contributed by atoms with van der Waals surface area (Å²) < 4.78 is 0. The molecule has 0 bridgehead atoms. The Kier molecular flexibility index (Phi) is 4.03. The molecule has 3 heterocycles. The Labute approximate surface area is 144 Å². The minimum Gasteiger partial charge on any atom is -0.481 e. The number of carboxylic acid groups (broad SMARTS) is 1. The van der Waals surface area contributed by atoms with Gasteiger partial charge < -0.3 is 19.8 Å². The van der Waals surface area contributed by atoms with E-state index in [1.807, 2.05) is 18.4 Å². The van der Waals surface area contributed by atoms with Crippen molar-refractivity contribution in [1.82, 2.24) is 14.7 Å². The molecular weight excluding hydrogens is 330 g/mol. The van der Waals surface area contributed by atoms with Gasteiger partial charge in [-0.3, -0.25) is 9.59 Å². The van der Waals surface area contributed by atoms with E-state index < -0.39 is 11.4 Å². The fraction of sp³-hybridized carbons (Fsp3) is 0.562. The number of fused-ring (bicyclic) bond motifs is 1. The first-order valence-corrected chi connectivity index (χ1v) is 8.67. The molecule has 0 radical (unpaired) electrons. The van der Waals surface area contributed by atoms with Gasteiger partial charge in [-0.1, -0.05) is 0 Å². The number of thiophene rings is 1. The summed E-state index contributed by atoms with van der Waals surface area (Å²) in [6.07, 6.45) is 0. The van der Waals surface area contributed by atoms with Crippen LogP contribution in [0.15, 0.2) is 11.4 Å². The van der Waals surface area contributed by atoms with Crippen molar-refractivity contribution in [2.45, 2.75) is 6.92 Å². The van der Waals surface area contributed by atoms with Crippen LogP contribution in [-0.2, 0) is 4.79 Å². The SMILES string of the molecule is Cc1ccsc1C(=O)N1C[C@@H]2CN(C(=O)N(C)C)C[C@]2(C(=O)O)C1. The first-order valence-electron chi connectivity index (χ1n) is 7.79. The second kappa shape index (κ2) is 5.77. The Balaban J connectivity index is 1.82. The number of hydrogen-bond acceptors (Lipinski definition) is 4. The average Bonchev–Trinajstić information content (AvgIpc) is 3.17. The van der Waals surface area contributed by atoms with Gasteiger partial charge in [0.1, 0.15) is 5.41 Å². The number of aliphatic carboxylic acids is 1. The van der Waals surface area contributed by atoms with Gasteiger partial charge >= 0.3 is 12.0 Å². The van der Waals surface area contributed by atoms with Crippen molar-refractivity contribution in [1.29, 1.82) is 0 Å². The molecule has 0 saturated carbocycles. The summed E-state index contributed by atoms with van der Waals surface area (Å²) in [5, 5.41) is 11.7. The molecule has 2 fully saturated rings. The van der Waals surface area contributed by atoms with Crippen LogP contribution in [0.5, 0.6) is 0 Å². The van der Waals surface area contributed by atoms with Gasteiger partial charge in [-0.25, -0.2) is 4.79 Å². The van der Waals surface area contributed by atoms with Crippen LogP contribution in [-0.4, -0.2) is 78.0 Å². The Morgan fingerprint density at radius 1 is 1.25 bits per heavy atom. The molecule has 7 nitrogen and oxygen atoms in total. The monoisotopic (exact) mass is 351 g/mol. The highest BCUT2D eigenvalue weighted by molar-refractivity contribution is 7.12. The Morgan fingerprint density at radius 2 is 1.88 bits per heavy atom. The van der Waals surface area contributed by atoms with Crippen LogP contribution >= 0.6 is 11.3 Å². The normalized spacial score (nSPS) is 25.7. The summed E-state index contributed by atoms with van der Waals surface area (Å²) >= 11 is 1.38. The van der Waals surface area contributed by atoms with E-state index in [1.165, 1.54) is 16.2 Å². The predicted molar refractivity (Wildman–Crippen MR) is 89.2 cm³/mol. The van der Waals surface area contributed by atoms with Gasteiger partial charge in [0.25, 0.3) is 5.91 Å². The van der Waals surface area contributed by atoms with Gasteiger partial charge in [-0.15, -0.1) is 11.3 Å². The number of nitrogens with zero attached hydrogens (tertiary/aromatic N) is 3. The van der Waals surface area contributed by atoms with Crippen LogP contribution in [0.2, 0.25) is 0 Å². The molecule has 0 unspecified atom stereocenters. The summed E-state index contributed by atoms with van der Waals surface area (Å²) in [5.41, 5.74) is -0.150. The lowest BCUT2D eigenvalue weighted by molar-refractivity contribution is -0.148. The number of amides is 3. The summed E-state index contributed by atoms with van der Waals surface area (Å²) in [6.45, 7) is 2.93. The molecule has 130 valence electrons. The zero-order chi connectivity index (χ0) is 17.6. The molecule has 2 aliphatic rings. The quantitative estimate of drug-likeness (QED) is 0.868. The number of carbonyl (C=O) groups excluding carboxylic acids is 2. The number of likely N-dealkylation sites (tertiary alicyclic amines) is 2. The largest absolute Gasteiger partial charge is 0.481 e. The molecule has 3 amide bonds. The highest BCUT2D eigenvalue weighted by Crippen LogP contribution is 2.43. The third-order valence-electron chi connectivity index (χ3n) is 5.03. The van der Waals surface area contributed by atoms with E-state index in [1.54, 1.807) is 23.9 Å². The molecule has 2 saturated heterocycles. The van der Waals surface area contributed by atoms with Crippen molar-refractivity contribution in [2.75, 3.05) is 40.3 Å². The molecule has 1 aromatic heterocycles. The van der Waals surface area contributed by atoms with E-state index in [-0.39, 0.29) is 30.9 Å². The maximum atomic E-state index is 12.7. The van der Waals surface area contributed by atoms with Crippen molar-refractivity contribution in [2.24, 2.45) is 11.3 Å². The van der Waals surface area contributed by atoms with E-state index in [0.717, 1.165) is 5.56 Å². The minimum atomic E-state index is -1.06. The number of carbonyl (C=O) groups is 3. The summed E-state index contributed by atoms with van der Waals surface area (Å²) in [5.74, 6) is -1.27. The highest BCUT2D eigenvalue weighted by Gasteiger charge is 2.59. The maximum absolute atomic E-state index is 12.7. The Morgan fingerprint density at radius 3 is 2.38 bits per heavy atom. The van der Waals surface area contributed by atoms with Crippen LogP contribution in [0.1, 0.15) is 15.2 Å². The van der Waals surface area contributed by atoms with Crippen molar-refractivity contribution in [3.8, 4) is 0 Å². The number of hydrogen-bond donors (Lipinski definition) is 1. The van der Waals surface area contributed by atoms with Crippen LogP contribution in [0, 0.1) is 18.3 Å². The number of aryl methyl sites for hydroxylation is 1. The van der Waals surface area contributed by atoms with Crippen molar-refractivity contribution in [3.05, 3.63) is 21.9 Å². The van der Waals surface area contributed by atoms with Gasteiger partial charge in [-0.2, -0.15) is 0 Å². The van der Waals surface area contributed by atoms with Crippen molar-refractivity contribution < 1.29 is 19.5 Å². The Bertz CT molecular complexity index is 701. The van der Waals surface area contributed by atoms with E-state index in [2.05, 4.69) is 0 Å². The fourth-order valence-electron chi connectivity index (χ4n) is 3.69. The molecule has 0 aliphatic carbocycles. The van der Waals surface area contributed by atoms with Crippen molar-refractivity contribution in [3.63, 3.8) is 0 Å². The lowest BCUT2D eigenvalue weighted by atomic mass is 9.81. The second-order valence-electron chi connectivity index (χ2n) is 6.83. The first kappa shape index (κ1) is 16.8. The molecule has 0 spiro atoms. The van der Waals surface area contributed by atoms with Crippen LogP contribution in [0.25, 0.3) is 0 Å². The van der Waals surface area contributed by atoms with Crippen LogP contribution in [0.3, 0.4) is 0 Å². The average molecular weight is 351 g/mol. The first-order chi connectivity index (χ1) is 11.3. The third kappa shape index (κ3) is 2.45. The number of carboxylic acids is 1. The van der Waals surface area contributed by atoms with Gasteiger partial charge in [0.2, 0.25) is 0 Å². The summed E-state index contributed by atoms with van der Waals surface area (Å²) in [4.78, 5) is 42.2. The number of urea groups is 1. The molecule has 1 aromatic rings. The lowest BCUT2D eigenvalue weighted by Gasteiger charge is -2.27. The van der Waals surface area contributed by atoms with E-state index in [4.69, 9.17) is 0 Å². The van der Waals surface area contributed by atoms with Gasteiger partial charge in [0, 0.05) is 46.2 Å². The zero-order valence-corrected chi connectivity index (χ0v) is 14.8. The predicted octanol–water partition coefficient (Wildman–Crippen LogP) is 1.20. The molecule has 0 aromatic carbocycles. The van der Waals surface area contributed by atoms with Crippen LogP contribution in [0.4, 0.5) is 4.79 Å². The molecular formula is C16H21N3O4S. The maximum Gasteiger partial charge on any atom is 0.319 e. The van der Waals surface area contributed by atoms with Gasteiger partial charge in [-0.05, 0) is 23.9 Å². The molecule has 24 heavy (non-hydrogen) atoms. The second-order valence-corrected chi connectivity index (χ2v) is 7.75. The topological polar surface area (TPSA) is 81.2 Å². The van der Waals surface area contributed by atoms with E-state index in [0.29, 0.717) is 18.0 Å². The third-order valence-corrected chi connectivity index (χ3v) is 6.04. The highest BCUT2D eigenvalue weighted by atomic mass is 32.1. The van der Waals surface area contributed by atoms with Crippen molar-refractivity contribution >= 4 is 29.2 Å². The molecule has 8 heteroatoms. The lowest BCUT2D eigenvalue weighted by Crippen LogP contribution is -2.45. The standard InChI is InChI=1S/C16H21N3O4S/c1-10-4-5-24-12(10)13(20)18-6-11-7-19(15(23)17(2)3)9-16(11,8-18)14(21)22/h4-5,11H,6-9H2,1-3H3,(H,21,22)/t11-,16-/m1/s1. The summed E-state index contributed by atoms with van der Waals surface area (Å²) in [7, 11) is 3.30. The zero-order valence-electron chi connectivity index (χ0n) is 14.0. The summed E-state index contributed by atoms with van der Waals surface area (Å²) in [6, 6.07) is 1.70. The Hall–Kier alpha value is -2.09. The molecule has 2 atom stereocenters. The smallest absolute Gasteiger partial charge is 0.319 e. The van der Waals surface area contributed by atoms with Crippen LogP contribution < -0.4 is 0 Å². The molecule has 1 N–H and O–H groups in total. The fourth-order valence-corrected chi connectivity index (χ4v) is 4.58. The number of rotatable bonds is 2. The molecule has 3 rings (SSSR count). The van der Waals surface area contributed by atoms with Gasteiger partial charge in [0.15, 0.2) is 0 Å². The van der Waals surface area contributed by atoms with Gasteiger partial charge in [0.05, 0.1) is 4.88 Å².